The van der Waals surface area contributed by atoms with Gasteiger partial charge in [-0.05, 0) is 29.2 Å². The predicted octanol–water partition coefficient (Wildman–Crippen LogP) is 6.43. The highest BCUT2D eigenvalue weighted by Gasteiger charge is 2.77. The molecule has 0 aliphatic carbocycles. The molecule has 1 aliphatic heterocycles. The zero-order chi connectivity index (χ0) is 35.6. The van der Waals surface area contributed by atoms with Crippen molar-refractivity contribution in [2.75, 3.05) is 0 Å². The monoisotopic (exact) mass is 679 g/mol. The van der Waals surface area contributed by atoms with E-state index >= 15 is 8.78 Å². The lowest BCUT2D eigenvalue weighted by molar-refractivity contribution is -0.374. The first-order chi connectivity index (χ1) is 22.4. The Labute approximate surface area is 271 Å². The van der Waals surface area contributed by atoms with Crippen LogP contribution in [-0.2, 0) is 9.59 Å². The van der Waals surface area contributed by atoms with Crippen molar-refractivity contribution < 1.29 is 50.2 Å². The van der Waals surface area contributed by atoms with Crippen LogP contribution in [0.2, 0.25) is 0 Å². The average Bonchev–Trinajstić information content (AvgIpc) is 3.04. The molecule has 3 aromatic carbocycles. The topological polar surface area (TPSA) is 89.9 Å². The molecule has 0 radical (unpaired) electrons. The number of rotatable bonds is 10. The summed E-state index contributed by atoms with van der Waals surface area (Å²) in [6, 6.07) is 15.5. The van der Waals surface area contributed by atoms with Crippen molar-refractivity contribution in [3.63, 3.8) is 0 Å². The standard InChI is InChI=1S/C34H32F7N3O4/c1-20(2)27-31(48)44(25(22-13-7-4-8-14-22)19-43(27)30(47)24-17-11-6-12-18-24)28(26(42-21(3)45)23-15-9-5-10-16-23)29(46)32(35,36)33(37,38)34(39,40)41/h4-20,26-29,46H,1-3H3,(H,42,45). The molecule has 7 nitrogen and oxygen atoms in total. The van der Waals surface area contributed by atoms with Crippen molar-refractivity contribution in [1.82, 2.24) is 15.1 Å². The highest BCUT2D eigenvalue weighted by molar-refractivity contribution is 6.03. The molecule has 1 heterocycles. The van der Waals surface area contributed by atoms with Gasteiger partial charge in [-0.2, -0.15) is 30.7 Å². The van der Waals surface area contributed by atoms with E-state index in [9.17, 15) is 41.4 Å². The number of nitrogens with one attached hydrogen (secondary N) is 1. The van der Waals surface area contributed by atoms with E-state index in [2.05, 4.69) is 5.32 Å². The van der Waals surface area contributed by atoms with Crippen LogP contribution < -0.4 is 5.32 Å². The summed E-state index contributed by atoms with van der Waals surface area (Å²) in [7, 11) is 0. The summed E-state index contributed by atoms with van der Waals surface area (Å²) in [6.45, 7) is 3.95. The van der Waals surface area contributed by atoms with Crippen LogP contribution >= 0.6 is 0 Å². The smallest absolute Gasteiger partial charge is 0.384 e. The van der Waals surface area contributed by atoms with E-state index in [0.717, 1.165) is 18.0 Å². The van der Waals surface area contributed by atoms with Gasteiger partial charge >= 0.3 is 18.0 Å². The second-order valence-electron chi connectivity index (χ2n) is 11.6. The molecule has 48 heavy (non-hydrogen) atoms. The van der Waals surface area contributed by atoms with Crippen LogP contribution in [-0.4, -0.2) is 68.8 Å². The minimum Gasteiger partial charge on any atom is -0.384 e. The largest absolute Gasteiger partial charge is 0.459 e. The Morgan fingerprint density at radius 1 is 0.812 bits per heavy atom. The maximum Gasteiger partial charge on any atom is 0.459 e. The van der Waals surface area contributed by atoms with Gasteiger partial charge in [-0.25, -0.2) is 0 Å². The predicted molar refractivity (Wildman–Crippen MR) is 161 cm³/mol. The van der Waals surface area contributed by atoms with Crippen molar-refractivity contribution in [3.8, 4) is 0 Å². The van der Waals surface area contributed by atoms with Gasteiger partial charge in [0.25, 0.3) is 11.8 Å². The molecule has 4 rings (SSSR count). The lowest BCUT2D eigenvalue weighted by atomic mass is 9.85. The number of aliphatic hydroxyl groups is 1. The van der Waals surface area contributed by atoms with Crippen LogP contribution in [0.1, 0.15) is 48.3 Å². The molecule has 0 fully saturated rings. The molecule has 0 bridgehead atoms. The molecular weight excluding hydrogens is 647 g/mol. The highest BCUT2D eigenvalue weighted by Crippen LogP contribution is 2.51. The molecule has 256 valence electrons. The SMILES string of the molecule is CC(=O)NC(c1ccccc1)C(C(O)C(F)(F)C(F)(F)C(F)(F)F)N1C(=O)C(C(C)C)N(C(=O)c2ccccc2)C=C1c1ccccc1. The van der Waals surface area contributed by atoms with Crippen molar-refractivity contribution in [2.24, 2.45) is 5.92 Å². The Kier molecular flexibility index (Phi) is 10.4. The van der Waals surface area contributed by atoms with Crippen LogP contribution in [0.25, 0.3) is 5.70 Å². The second-order valence-corrected chi connectivity index (χ2v) is 11.6. The molecule has 0 saturated heterocycles. The van der Waals surface area contributed by atoms with Gasteiger partial charge in [-0.3, -0.25) is 14.4 Å². The fourth-order valence-corrected chi connectivity index (χ4v) is 5.61. The number of amides is 3. The number of hydrogen-bond donors (Lipinski definition) is 2. The normalized spacial score (nSPS) is 17.9. The van der Waals surface area contributed by atoms with Crippen molar-refractivity contribution >= 4 is 23.4 Å². The highest BCUT2D eigenvalue weighted by atomic mass is 19.4. The summed E-state index contributed by atoms with van der Waals surface area (Å²) in [5.41, 5.74) is -0.312. The van der Waals surface area contributed by atoms with E-state index in [1.807, 2.05) is 0 Å². The number of alkyl halides is 7. The van der Waals surface area contributed by atoms with Gasteiger partial charge in [0.1, 0.15) is 12.1 Å². The van der Waals surface area contributed by atoms with Gasteiger partial charge in [0.2, 0.25) is 5.91 Å². The third kappa shape index (κ3) is 6.80. The summed E-state index contributed by atoms with van der Waals surface area (Å²) in [6.07, 6.45) is -9.65. The van der Waals surface area contributed by atoms with E-state index in [1.54, 1.807) is 24.3 Å². The maximum atomic E-state index is 15.6. The molecule has 4 unspecified atom stereocenters. The summed E-state index contributed by atoms with van der Waals surface area (Å²) < 4.78 is 101. The van der Waals surface area contributed by atoms with E-state index in [-0.39, 0.29) is 22.4 Å². The summed E-state index contributed by atoms with van der Waals surface area (Å²) in [5.74, 6) is -16.6. The van der Waals surface area contributed by atoms with Crippen LogP contribution in [0.5, 0.6) is 0 Å². The zero-order valence-corrected chi connectivity index (χ0v) is 25.8. The summed E-state index contributed by atoms with van der Waals surface area (Å²) in [4.78, 5) is 42.5. The minimum absolute atomic E-state index is 0.0525. The maximum absolute atomic E-state index is 15.6. The minimum atomic E-state index is -6.82. The molecule has 3 amide bonds. The van der Waals surface area contributed by atoms with E-state index < -0.39 is 65.9 Å². The van der Waals surface area contributed by atoms with Crippen molar-refractivity contribution in [1.29, 1.82) is 0 Å². The van der Waals surface area contributed by atoms with Gasteiger partial charge in [-0.1, -0.05) is 92.7 Å². The van der Waals surface area contributed by atoms with Gasteiger partial charge in [-0.15, -0.1) is 0 Å². The van der Waals surface area contributed by atoms with Crippen LogP contribution in [0.3, 0.4) is 0 Å². The molecule has 3 aromatic rings. The number of carbonyl (C=O) groups excluding carboxylic acids is 3. The van der Waals surface area contributed by atoms with Crippen molar-refractivity contribution in [2.45, 2.75) is 63.0 Å². The second kappa shape index (κ2) is 13.8. The van der Waals surface area contributed by atoms with E-state index in [1.165, 1.54) is 80.6 Å². The number of halogens is 7. The number of carbonyl (C=O) groups is 3. The Morgan fingerprint density at radius 3 is 1.79 bits per heavy atom. The Morgan fingerprint density at radius 2 is 1.31 bits per heavy atom. The number of nitrogens with zero attached hydrogens (tertiary/aromatic N) is 2. The first-order valence-electron chi connectivity index (χ1n) is 14.7. The molecular formula is C34H32F7N3O4. The van der Waals surface area contributed by atoms with Crippen LogP contribution in [0.4, 0.5) is 30.7 Å². The first kappa shape index (κ1) is 36.1. The summed E-state index contributed by atoms with van der Waals surface area (Å²) in [5, 5.41) is 13.5. The lowest BCUT2D eigenvalue weighted by Gasteiger charge is -2.49. The molecule has 1 aliphatic rings. The fraction of sp³-hybridized carbons (Fsp3) is 0.324. The molecule has 0 saturated carbocycles. The van der Waals surface area contributed by atoms with E-state index in [0.29, 0.717) is 4.90 Å². The number of aliphatic hydroxyl groups excluding tert-OH is 1. The third-order valence-electron chi connectivity index (χ3n) is 7.89. The van der Waals surface area contributed by atoms with Gasteiger partial charge in [0.15, 0.2) is 0 Å². The number of benzene rings is 3. The number of hydrogen-bond acceptors (Lipinski definition) is 4. The van der Waals surface area contributed by atoms with Gasteiger partial charge < -0.3 is 20.2 Å². The fourth-order valence-electron chi connectivity index (χ4n) is 5.61. The van der Waals surface area contributed by atoms with Crippen LogP contribution in [0.15, 0.2) is 97.2 Å². The quantitative estimate of drug-likeness (QED) is 0.242. The molecule has 0 spiro atoms. The van der Waals surface area contributed by atoms with Gasteiger partial charge in [0, 0.05) is 18.7 Å². The Bertz CT molecular complexity index is 1630. The van der Waals surface area contributed by atoms with E-state index in [4.69, 9.17) is 0 Å². The Hall–Kier alpha value is -4.72. The summed E-state index contributed by atoms with van der Waals surface area (Å²) >= 11 is 0. The first-order valence-corrected chi connectivity index (χ1v) is 14.7. The molecule has 0 aromatic heterocycles. The zero-order valence-electron chi connectivity index (χ0n) is 25.8. The third-order valence-corrected chi connectivity index (χ3v) is 7.89. The van der Waals surface area contributed by atoms with Gasteiger partial charge in [0.05, 0.1) is 17.8 Å². The Balaban J connectivity index is 2.08. The molecule has 14 heteroatoms. The lowest BCUT2D eigenvalue weighted by Crippen LogP contribution is -2.68. The average molecular weight is 680 g/mol. The van der Waals surface area contributed by atoms with Crippen LogP contribution in [0, 0.1) is 5.92 Å². The van der Waals surface area contributed by atoms with Crippen molar-refractivity contribution in [3.05, 3.63) is 114 Å². The molecule has 2 N–H and O–H groups in total. The molecule has 4 atom stereocenters.